The number of hydrogen-bond donors (Lipinski definition) is 4. The predicted molar refractivity (Wildman–Crippen MR) is 169 cm³/mol. The third-order valence-electron chi connectivity index (χ3n) is 6.05. The number of carboxylic acids is 1. The molecule has 1 unspecified atom stereocenters. The lowest BCUT2D eigenvalue weighted by Gasteiger charge is -2.18. The van der Waals surface area contributed by atoms with Crippen LogP contribution in [-0.4, -0.2) is 48.2 Å². The standard InChI is InChI=1S/C19H23NO3.C12H15NO3.C2H6.CH4/c1-13-8-9-14(2)18(10-13)23-12-15-6-4-5-7-16(15)17(11-21)19(22)20-3;14-11(6-7-12(15)16)13-9-8-10-4-2-1-3-5-10;1-2;/h4-10,17,21H,11-12H2,1-3H3,(H,20,22);1-5H,6-9H2,(H,13,14)(H,15,16);1-2H3;1H4. The van der Waals surface area contributed by atoms with Gasteiger partial charge in [-0.15, -0.1) is 0 Å². The van der Waals surface area contributed by atoms with Crippen molar-refractivity contribution in [1.29, 1.82) is 0 Å². The molecule has 0 saturated heterocycles. The van der Waals surface area contributed by atoms with E-state index < -0.39 is 11.9 Å². The molecule has 0 aliphatic heterocycles. The average Bonchev–Trinajstić information content (AvgIpc) is 2.99. The fourth-order valence-electron chi connectivity index (χ4n) is 3.82. The van der Waals surface area contributed by atoms with Gasteiger partial charge in [-0.05, 0) is 54.2 Å². The van der Waals surface area contributed by atoms with E-state index in [2.05, 4.69) is 10.6 Å². The second-order valence-electron chi connectivity index (χ2n) is 9.09. The number of benzene rings is 3. The van der Waals surface area contributed by atoms with Crippen molar-refractivity contribution in [2.75, 3.05) is 20.2 Å². The van der Waals surface area contributed by atoms with Gasteiger partial charge in [-0.2, -0.15) is 0 Å². The molecule has 8 heteroatoms. The van der Waals surface area contributed by atoms with Crippen LogP contribution in [0.3, 0.4) is 0 Å². The van der Waals surface area contributed by atoms with E-state index in [0.717, 1.165) is 40.0 Å². The number of aliphatic hydroxyl groups excluding tert-OH is 1. The first-order valence-electron chi connectivity index (χ1n) is 13.9. The molecule has 0 bridgehead atoms. The van der Waals surface area contributed by atoms with Gasteiger partial charge in [0.05, 0.1) is 18.9 Å². The van der Waals surface area contributed by atoms with Crippen LogP contribution in [0.4, 0.5) is 0 Å². The number of carbonyl (C=O) groups is 3. The molecule has 0 saturated carbocycles. The number of amides is 2. The third-order valence-corrected chi connectivity index (χ3v) is 6.05. The Morgan fingerprint density at radius 3 is 2.17 bits per heavy atom. The maximum absolute atomic E-state index is 12.0. The Morgan fingerprint density at radius 2 is 1.55 bits per heavy atom. The smallest absolute Gasteiger partial charge is 0.303 e. The van der Waals surface area contributed by atoms with Crippen LogP contribution in [0.15, 0.2) is 72.8 Å². The van der Waals surface area contributed by atoms with Crippen LogP contribution in [0.25, 0.3) is 0 Å². The number of nitrogens with one attached hydrogen (secondary N) is 2. The highest BCUT2D eigenvalue weighted by Crippen LogP contribution is 2.24. The highest BCUT2D eigenvalue weighted by Gasteiger charge is 2.21. The fourth-order valence-corrected chi connectivity index (χ4v) is 3.82. The zero-order valence-electron chi connectivity index (χ0n) is 24.8. The number of aliphatic carboxylic acids is 1. The SMILES string of the molecule is C.CC.CNC(=O)C(CO)c1ccccc1COc1cc(C)ccc1C.O=C(O)CCC(=O)NCCc1ccccc1. The summed E-state index contributed by atoms with van der Waals surface area (Å²) in [5, 5.41) is 23.2. The number of carbonyl (C=O) groups excluding carboxylic acids is 2. The highest BCUT2D eigenvalue weighted by atomic mass is 16.5. The maximum atomic E-state index is 12.0. The Kier molecular flexibility index (Phi) is 19.4. The van der Waals surface area contributed by atoms with Crippen LogP contribution in [0.5, 0.6) is 5.75 Å². The van der Waals surface area contributed by atoms with E-state index in [1.165, 1.54) is 0 Å². The average molecular weight is 581 g/mol. The van der Waals surface area contributed by atoms with Crippen LogP contribution in [0.1, 0.15) is 67.9 Å². The summed E-state index contributed by atoms with van der Waals surface area (Å²) in [6.45, 7) is 8.69. The lowest BCUT2D eigenvalue weighted by atomic mass is 9.94. The van der Waals surface area contributed by atoms with Crippen molar-refractivity contribution >= 4 is 17.8 Å². The number of aliphatic hydroxyl groups is 1. The normalized spacial score (nSPS) is 10.3. The first kappa shape index (κ1) is 37.8. The van der Waals surface area contributed by atoms with E-state index in [4.69, 9.17) is 9.84 Å². The molecule has 2 amide bonds. The Balaban J connectivity index is 0.000000780. The van der Waals surface area contributed by atoms with Crippen molar-refractivity contribution in [3.63, 3.8) is 0 Å². The molecule has 1 atom stereocenters. The van der Waals surface area contributed by atoms with Gasteiger partial charge in [-0.3, -0.25) is 14.4 Å². The number of likely N-dealkylation sites (N-methyl/N-ethyl adjacent to an activating group) is 1. The van der Waals surface area contributed by atoms with Crippen molar-refractivity contribution < 1.29 is 29.3 Å². The van der Waals surface area contributed by atoms with Crippen molar-refractivity contribution in [3.8, 4) is 5.75 Å². The zero-order chi connectivity index (χ0) is 30.6. The lowest BCUT2D eigenvalue weighted by Crippen LogP contribution is -2.29. The third kappa shape index (κ3) is 13.9. The largest absolute Gasteiger partial charge is 0.489 e. The number of hydrogen-bond acceptors (Lipinski definition) is 5. The first-order valence-corrected chi connectivity index (χ1v) is 13.9. The summed E-state index contributed by atoms with van der Waals surface area (Å²) in [6, 6.07) is 23.4. The first-order chi connectivity index (χ1) is 19.7. The van der Waals surface area contributed by atoms with Gasteiger partial charge in [0.15, 0.2) is 0 Å². The zero-order valence-corrected chi connectivity index (χ0v) is 24.8. The molecule has 3 rings (SSSR count). The van der Waals surface area contributed by atoms with E-state index in [9.17, 15) is 19.5 Å². The van der Waals surface area contributed by atoms with Gasteiger partial charge in [0.1, 0.15) is 12.4 Å². The second kappa shape index (κ2) is 21.6. The summed E-state index contributed by atoms with van der Waals surface area (Å²) < 4.78 is 5.94. The molecule has 0 spiro atoms. The Bertz CT molecular complexity index is 1210. The topological polar surface area (TPSA) is 125 Å². The van der Waals surface area contributed by atoms with Gasteiger partial charge in [-0.1, -0.05) is 88.0 Å². The van der Waals surface area contributed by atoms with E-state index in [-0.39, 0.29) is 38.7 Å². The molecule has 8 nitrogen and oxygen atoms in total. The molecule has 3 aromatic rings. The molecule has 230 valence electrons. The number of aryl methyl sites for hydroxylation is 2. The molecule has 4 N–H and O–H groups in total. The molecular formula is C34H48N2O6. The minimum atomic E-state index is -0.946. The molecule has 0 aliphatic carbocycles. The molecule has 0 fully saturated rings. The predicted octanol–water partition coefficient (Wildman–Crippen LogP) is 5.58. The van der Waals surface area contributed by atoms with E-state index in [1.807, 2.05) is 100 Å². The quantitative estimate of drug-likeness (QED) is 0.222. The monoisotopic (exact) mass is 580 g/mol. The van der Waals surface area contributed by atoms with E-state index in [1.54, 1.807) is 7.05 Å². The molecule has 0 heterocycles. The van der Waals surface area contributed by atoms with Gasteiger partial charge in [-0.25, -0.2) is 0 Å². The molecule has 0 radical (unpaired) electrons. The van der Waals surface area contributed by atoms with E-state index >= 15 is 0 Å². The van der Waals surface area contributed by atoms with Gasteiger partial charge < -0.3 is 25.6 Å². The minimum Gasteiger partial charge on any atom is -0.489 e. The van der Waals surface area contributed by atoms with Crippen molar-refractivity contribution in [2.24, 2.45) is 0 Å². The summed E-state index contributed by atoms with van der Waals surface area (Å²) in [5.74, 6) is -1.11. The van der Waals surface area contributed by atoms with Gasteiger partial charge >= 0.3 is 5.97 Å². The summed E-state index contributed by atoms with van der Waals surface area (Å²) in [6.07, 6.45) is 0.695. The Labute approximate surface area is 251 Å². The highest BCUT2D eigenvalue weighted by molar-refractivity contribution is 5.84. The van der Waals surface area contributed by atoms with Crippen LogP contribution in [0, 0.1) is 13.8 Å². The van der Waals surface area contributed by atoms with Crippen molar-refractivity contribution in [3.05, 3.63) is 101 Å². The Morgan fingerprint density at radius 1 is 0.905 bits per heavy atom. The summed E-state index contributed by atoms with van der Waals surface area (Å²) in [7, 11) is 1.57. The second-order valence-corrected chi connectivity index (χ2v) is 9.09. The van der Waals surface area contributed by atoms with Crippen LogP contribution in [-0.2, 0) is 27.4 Å². The minimum absolute atomic E-state index is 0. The Hall–Kier alpha value is -4.17. The van der Waals surface area contributed by atoms with Crippen LogP contribution >= 0.6 is 0 Å². The number of ether oxygens (including phenoxy) is 1. The molecule has 3 aromatic carbocycles. The fraction of sp³-hybridized carbons (Fsp3) is 0.382. The van der Waals surface area contributed by atoms with E-state index in [0.29, 0.717) is 13.2 Å². The van der Waals surface area contributed by atoms with Gasteiger partial charge in [0.25, 0.3) is 0 Å². The lowest BCUT2D eigenvalue weighted by molar-refractivity contribution is -0.138. The molecule has 42 heavy (non-hydrogen) atoms. The number of carboxylic acid groups (broad SMARTS) is 1. The van der Waals surface area contributed by atoms with Crippen molar-refractivity contribution in [1.82, 2.24) is 10.6 Å². The number of rotatable bonds is 12. The van der Waals surface area contributed by atoms with Gasteiger partial charge in [0, 0.05) is 20.0 Å². The molecular weight excluding hydrogens is 532 g/mol. The summed E-state index contributed by atoms with van der Waals surface area (Å²) >= 11 is 0. The van der Waals surface area contributed by atoms with Crippen molar-refractivity contribution in [2.45, 2.75) is 66.9 Å². The molecule has 0 aromatic heterocycles. The summed E-state index contributed by atoms with van der Waals surface area (Å²) in [4.78, 5) is 33.3. The summed E-state index contributed by atoms with van der Waals surface area (Å²) in [5.41, 5.74) is 5.05. The van der Waals surface area contributed by atoms with Gasteiger partial charge in [0.2, 0.25) is 11.8 Å². The molecule has 0 aliphatic rings. The van der Waals surface area contributed by atoms with Crippen LogP contribution in [0.2, 0.25) is 0 Å². The van der Waals surface area contributed by atoms with Crippen LogP contribution < -0.4 is 15.4 Å². The maximum Gasteiger partial charge on any atom is 0.303 e.